The highest BCUT2D eigenvalue weighted by atomic mass is 19.4. The number of pyridine rings is 1. The molecule has 1 aliphatic rings. The van der Waals surface area contributed by atoms with E-state index in [9.17, 15) is 31.1 Å². The molecule has 3 aromatic rings. The molecule has 0 saturated heterocycles. The Morgan fingerprint density at radius 2 is 1.61 bits per heavy atom. The van der Waals surface area contributed by atoms with E-state index in [-0.39, 0.29) is 48.9 Å². The molecule has 1 amide bonds. The fraction of sp³-hybridized carbons (Fsp3) is 0.333. The molecule has 1 aromatic heterocycles. The molecule has 4 rings (SSSR count). The Bertz CT molecular complexity index is 1270. The standard InChI is InChI=1S/C27H24F6N2O3/c1-16(2)38-15-21-13-22(18-6-4-3-5-7-18)23-24(34-21)37-9-8-35(25(23)36)14-17-10-19(26(28,29)30)12-20(11-17)27(31,32)33/h3-7,10-13,16H,8-9,14-15H2,1-2H3. The number of halogens is 6. The second-order valence-electron chi connectivity index (χ2n) is 9.06. The van der Waals surface area contributed by atoms with Crippen LogP contribution in [0.5, 0.6) is 5.88 Å². The summed E-state index contributed by atoms with van der Waals surface area (Å²) in [6.45, 7) is 3.25. The van der Waals surface area contributed by atoms with Crippen LogP contribution < -0.4 is 4.74 Å². The van der Waals surface area contributed by atoms with Crippen LogP contribution >= 0.6 is 0 Å². The van der Waals surface area contributed by atoms with E-state index in [1.54, 1.807) is 36.4 Å². The predicted octanol–water partition coefficient (Wildman–Crippen LogP) is 6.75. The van der Waals surface area contributed by atoms with Gasteiger partial charge in [0.05, 0.1) is 36.1 Å². The summed E-state index contributed by atoms with van der Waals surface area (Å²) in [6.07, 6.45) is -10.1. The highest BCUT2D eigenvalue weighted by Gasteiger charge is 2.37. The lowest BCUT2D eigenvalue weighted by Gasteiger charge is -2.22. The maximum absolute atomic E-state index is 13.7. The summed E-state index contributed by atoms with van der Waals surface area (Å²) in [7, 11) is 0. The van der Waals surface area contributed by atoms with Gasteiger partial charge < -0.3 is 14.4 Å². The number of aromatic nitrogens is 1. The molecule has 202 valence electrons. The van der Waals surface area contributed by atoms with E-state index in [1.807, 2.05) is 13.8 Å². The number of hydrogen-bond acceptors (Lipinski definition) is 4. The van der Waals surface area contributed by atoms with Crippen molar-refractivity contribution in [1.29, 1.82) is 0 Å². The quantitative estimate of drug-likeness (QED) is 0.326. The SMILES string of the molecule is CC(C)OCc1cc(-c2ccccc2)c2c(n1)OCCN(Cc1cc(C(F)(F)F)cc(C(F)(F)F)c1)C2=O. The zero-order chi connectivity index (χ0) is 27.7. The number of ether oxygens (including phenoxy) is 2. The van der Waals surface area contributed by atoms with Crippen molar-refractivity contribution < 1.29 is 40.6 Å². The summed E-state index contributed by atoms with van der Waals surface area (Å²) in [5.41, 5.74) is -1.48. The minimum absolute atomic E-state index is 0.0289. The molecule has 0 saturated carbocycles. The lowest BCUT2D eigenvalue weighted by Crippen LogP contribution is -2.32. The van der Waals surface area contributed by atoms with Crippen LogP contribution in [0.4, 0.5) is 26.3 Å². The van der Waals surface area contributed by atoms with Gasteiger partial charge in [0.25, 0.3) is 5.91 Å². The van der Waals surface area contributed by atoms with Crippen LogP contribution in [0, 0.1) is 0 Å². The van der Waals surface area contributed by atoms with Crippen LogP contribution in [0.2, 0.25) is 0 Å². The number of carbonyl (C=O) groups is 1. The fourth-order valence-electron chi connectivity index (χ4n) is 4.05. The van der Waals surface area contributed by atoms with Gasteiger partial charge in [0.2, 0.25) is 5.88 Å². The minimum Gasteiger partial charge on any atom is -0.475 e. The molecule has 1 aliphatic heterocycles. The Kier molecular flexibility index (Phi) is 7.68. The molecule has 0 unspecified atom stereocenters. The molecule has 0 N–H and O–H groups in total. The Labute approximate surface area is 215 Å². The lowest BCUT2D eigenvalue weighted by atomic mass is 9.98. The van der Waals surface area contributed by atoms with Crippen LogP contribution in [-0.2, 0) is 30.2 Å². The van der Waals surface area contributed by atoms with Crippen molar-refractivity contribution >= 4 is 5.91 Å². The van der Waals surface area contributed by atoms with E-state index in [4.69, 9.17) is 9.47 Å². The Morgan fingerprint density at radius 3 is 2.18 bits per heavy atom. The van der Waals surface area contributed by atoms with Crippen LogP contribution in [0.3, 0.4) is 0 Å². The first-order valence-electron chi connectivity index (χ1n) is 11.7. The topological polar surface area (TPSA) is 51.7 Å². The second-order valence-corrected chi connectivity index (χ2v) is 9.06. The van der Waals surface area contributed by atoms with Crippen molar-refractivity contribution in [2.45, 2.75) is 45.5 Å². The van der Waals surface area contributed by atoms with Crippen molar-refractivity contribution in [1.82, 2.24) is 9.88 Å². The van der Waals surface area contributed by atoms with E-state index >= 15 is 0 Å². The molecule has 0 radical (unpaired) electrons. The van der Waals surface area contributed by atoms with E-state index in [1.165, 1.54) is 4.90 Å². The predicted molar refractivity (Wildman–Crippen MR) is 126 cm³/mol. The maximum atomic E-state index is 13.7. The molecule has 0 bridgehead atoms. The van der Waals surface area contributed by atoms with Gasteiger partial charge >= 0.3 is 12.4 Å². The highest BCUT2D eigenvalue weighted by molar-refractivity contribution is 6.03. The van der Waals surface area contributed by atoms with Gasteiger partial charge in [-0.2, -0.15) is 26.3 Å². The van der Waals surface area contributed by atoms with Gasteiger partial charge in [-0.3, -0.25) is 4.79 Å². The normalized spacial score (nSPS) is 14.3. The van der Waals surface area contributed by atoms with E-state index in [0.29, 0.717) is 29.0 Å². The Balaban J connectivity index is 1.76. The summed E-state index contributed by atoms with van der Waals surface area (Å²) < 4.78 is 91.6. The van der Waals surface area contributed by atoms with Gasteiger partial charge in [0.15, 0.2) is 0 Å². The van der Waals surface area contributed by atoms with Gasteiger partial charge in [-0.15, -0.1) is 0 Å². The molecule has 0 atom stereocenters. The summed E-state index contributed by atoms with van der Waals surface area (Å²) in [5, 5.41) is 0. The van der Waals surface area contributed by atoms with E-state index in [2.05, 4.69) is 4.98 Å². The maximum Gasteiger partial charge on any atom is 0.416 e. The summed E-state index contributed by atoms with van der Waals surface area (Å²) in [5.74, 6) is -0.590. The second kappa shape index (κ2) is 10.6. The first-order chi connectivity index (χ1) is 17.8. The molecule has 0 spiro atoms. The number of amides is 1. The highest BCUT2D eigenvalue weighted by Crippen LogP contribution is 2.38. The van der Waals surface area contributed by atoms with Crippen LogP contribution in [0.1, 0.15) is 46.6 Å². The van der Waals surface area contributed by atoms with Crippen LogP contribution in [0.25, 0.3) is 11.1 Å². The molecular formula is C27H24F6N2O3. The molecule has 2 heterocycles. The third-order valence-electron chi connectivity index (χ3n) is 5.81. The van der Waals surface area contributed by atoms with Gasteiger partial charge in [-0.25, -0.2) is 4.98 Å². The minimum atomic E-state index is -4.99. The molecule has 0 fully saturated rings. The number of rotatable bonds is 6. The first-order valence-corrected chi connectivity index (χ1v) is 11.7. The summed E-state index contributed by atoms with van der Waals surface area (Å²) in [6, 6.07) is 11.9. The molecular weight excluding hydrogens is 514 g/mol. The van der Waals surface area contributed by atoms with Gasteiger partial charge in [0.1, 0.15) is 12.2 Å². The van der Waals surface area contributed by atoms with Gasteiger partial charge in [-0.1, -0.05) is 30.3 Å². The van der Waals surface area contributed by atoms with E-state index < -0.39 is 35.9 Å². The van der Waals surface area contributed by atoms with Crippen LogP contribution in [0.15, 0.2) is 54.6 Å². The lowest BCUT2D eigenvalue weighted by molar-refractivity contribution is -0.143. The molecule has 0 aliphatic carbocycles. The van der Waals surface area contributed by atoms with Gasteiger partial charge in [0, 0.05) is 12.1 Å². The average Bonchev–Trinajstić information content (AvgIpc) is 3.00. The van der Waals surface area contributed by atoms with Gasteiger partial charge in [-0.05, 0) is 49.2 Å². The van der Waals surface area contributed by atoms with Crippen molar-refractivity contribution in [3.63, 3.8) is 0 Å². The monoisotopic (exact) mass is 538 g/mol. The largest absolute Gasteiger partial charge is 0.475 e. The number of hydrogen-bond donors (Lipinski definition) is 0. The summed E-state index contributed by atoms with van der Waals surface area (Å²) in [4.78, 5) is 19.3. The first kappa shape index (κ1) is 27.4. The molecule has 5 nitrogen and oxygen atoms in total. The smallest absolute Gasteiger partial charge is 0.416 e. The molecule has 11 heteroatoms. The average molecular weight is 538 g/mol. The number of alkyl halides is 6. The fourth-order valence-corrected chi connectivity index (χ4v) is 4.05. The zero-order valence-electron chi connectivity index (χ0n) is 20.5. The van der Waals surface area contributed by atoms with Crippen molar-refractivity contribution in [3.8, 4) is 17.0 Å². The van der Waals surface area contributed by atoms with Crippen molar-refractivity contribution in [2.24, 2.45) is 0 Å². The molecule has 2 aromatic carbocycles. The van der Waals surface area contributed by atoms with Crippen molar-refractivity contribution in [2.75, 3.05) is 13.2 Å². The third kappa shape index (κ3) is 6.27. The van der Waals surface area contributed by atoms with Crippen LogP contribution in [-0.4, -0.2) is 35.0 Å². The Morgan fingerprint density at radius 1 is 0.974 bits per heavy atom. The third-order valence-corrected chi connectivity index (χ3v) is 5.81. The Hall–Kier alpha value is -3.60. The number of nitrogens with zero attached hydrogens (tertiary/aromatic N) is 2. The molecule has 38 heavy (non-hydrogen) atoms. The number of carbonyl (C=O) groups excluding carboxylic acids is 1. The zero-order valence-corrected chi connectivity index (χ0v) is 20.5. The van der Waals surface area contributed by atoms with Crippen molar-refractivity contribution in [3.05, 3.63) is 82.5 Å². The number of benzene rings is 2. The number of fused-ring (bicyclic) bond motifs is 1. The summed E-state index contributed by atoms with van der Waals surface area (Å²) >= 11 is 0. The van der Waals surface area contributed by atoms with E-state index in [0.717, 1.165) is 0 Å².